The van der Waals surface area contributed by atoms with Gasteiger partial charge in [-0.05, 0) is 109 Å². The van der Waals surface area contributed by atoms with Gasteiger partial charge in [0.05, 0.1) is 12.7 Å². The van der Waals surface area contributed by atoms with Gasteiger partial charge in [-0.2, -0.15) is 0 Å². The molecule has 4 fully saturated rings. The van der Waals surface area contributed by atoms with Crippen molar-refractivity contribution in [2.24, 2.45) is 50.2 Å². The molecule has 4 saturated carbocycles. The summed E-state index contributed by atoms with van der Waals surface area (Å²) >= 11 is 0. The molecule has 33 heavy (non-hydrogen) atoms. The Balaban J connectivity index is 1.56. The summed E-state index contributed by atoms with van der Waals surface area (Å²) in [4.78, 5) is 0. The molecule has 2 heteroatoms. The summed E-state index contributed by atoms with van der Waals surface area (Å²) in [5.74, 6) is 2.03. The van der Waals surface area contributed by atoms with E-state index in [0.29, 0.717) is 40.1 Å². The monoisotopic (exact) mass is 456 g/mol. The zero-order valence-electron chi connectivity index (χ0n) is 23.0. The highest BCUT2D eigenvalue weighted by atomic mass is 16.5. The number of aliphatic hydroxyl groups excluding tert-OH is 1. The minimum atomic E-state index is -0.231. The van der Waals surface area contributed by atoms with Crippen molar-refractivity contribution >= 4 is 0 Å². The summed E-state index contributed by atoms with van der Waals surface area (Å²) in [6, 6.07) is 0. The second-order valence-electron chi connectivity index (χ2n) is 15.4. The number of rotatable bonds is 2. The maximum absolute atomic E-state index is 11.1. The summed E-state index contributed by atoms with van der Waals surface area (Å²) in [5, 5.41) is 11.1. The number of hydrogen-bond acceptors (Lipinski definition) is 2. The topological polar surface area (TPSA) is 29.5 Å². The van der Waals surface area contributed by atoms with Crippen LogP contribution in [0.2, 0.25) is 0 Å². The Hall–Kier alpha value is -0.340. The van der Waals surface area contributed by atoms with Crippen LogP contribution in [0, 0.1) is 50.2 Å². The van der Waals surface area contributed by atoms with Crippen molar-refractivity contribution in [2.45, 2.75) is 119 Å². The van der Waals surface area contributed by atoms with Crippen molar-refractivity contribution in [1.82, 2.24) is 0 Å². The molecule has 188 valence electrons. The third kappa shape index (κ3) is 3.11. The van der Waals surface area contributed by atoms with Crippen LogP contribution in [0.4, 0.5) is 0 Å². The van der Waals surface area contributed by atoms with E-state index in [4.69, 9.17) is 4.74 Å². The smallest absolute Gasteiger partial charge is 0.0618 e. The molecule has 0 aromatic carbocycles. The second kappa shape index (κ2) is 7.34. The van der Waals surface area contributed by atoms with E-state index in [1.165, 1.54) is 57.8 Å². The van der Waals surface area contributed by atoms with E-state index in [0.717, 1.165) is 12.3 Å². The minimum absolute atomic E-state index is 0.119. The molecule has 0 aromatic rings. The first-order valence-corrected chi connectivity index (χ1v) is 14.1. The second-order valence-corrected chi connectivity index (χ2v) is 15.4. The van der Waals surface area contributed by atoms with E-state index in [2.05, 4.69) is 54.5 Å². The van der Waals surface area contributed by atoms with Crippen molar-refractivity contribution in [1.29, 1.82) is 0 Å². The first kappa shape index (κ1) is 24.4. The standard InChI is InChI=1S/C31H52O2/c1-26(2)15-16-27(3)17-18-30(6)21(22(27)19-26)9-10-24-28(4)13-12-25(32)29(5,20-33-8)23(28)11-14-31(24,30)7/h9,22-25,32H,10-20H2,1-8H3/t22-,23-,24-,25+,27-,28+,29-,30-,31-/m1/s1. The number of allylic oxidation sites excluding steroid dienone is 2. The molecule has 2 nitrogen and oxygen atoms in total. The van der Waals surface area contributed by atoms with Crippen molar-refractivity contribution < 1.29 is 9.84 Å². The van der Waals surface area contributed by atoms with Crippen LogP contribution in [0.3, 0.4) is 0 Å². The molecule has 0 radical (unpaired) electrons. The fourth-order valence-corrected chi connectivity index (χ4v) is 10.8. The Morgan fingerprint density at radius 3 is 2.27 bits per heavy atom. The molecule has 0 aromatic heterocycles. The van der Waals surface area contributed by atoms with Crippen LogP contribution in [0.5, 0.6) is 0 Å². The Bertz CT molecular complexity index is 829. The predicted molar refractivity (Wildman–Crippen MR) is 137 cm³/mol. The highest BCUT2D eigenvalue weighted by Crippen LogP contribution is 2.75. The lowest BCUT2D eigenvalue weighted by Crippen LogP contribution is -2.65. The van der Waals surface area contributed by atoms with E-state index in [1.54, 1.807) is 0 Å². The van der Waals surface area contributed by atoms with E-state index in [9.17, 15) is 5.11 Å². The van der Waals surface area contributed by atoms with Crippen LogP contribution in [0.1, 0.15) is 113 Å². The summed E-state index contributed by atoms with van der Waals surface area (Å²) in [6.07, 6.45) is 15.4. The number of fused-ring (bicyclic) bond motifs is 7. The van der Waals surface area contributed by atoms with Crippen LogP contribution >= 0.6 is 0 Å². The highest BCUT2D eigenvalue weighted by molar-refractivity contribution is 5.33. The molecule has 1 N–H and O–H groups in total. The van der Waals surface area contributed by atoms with Gasteiger partial charge in [0.15, 0.2) is 0 Å². The van der Waals surface area contributed by atoms with E-state index >= 15 is 0 Å². The molecule has 0 saturated heterocycles. The number of methoxy groups -OCH3 is 1. The van der Waals surface area contributed by atoms with Crippen molar-refractivity contribution in [3.63, 3.8) is 0 Å². The molecular formula is C31H52O2. The van der Waals surface area contributed by atoms with Gasteiger partial charge in [-0.25, -0.2) is 0 Å². The summed E-state index contributed by atoms with van der Waals surface area (Å²) in [6.45, 7) is 18.7. The zero-order chi connectivity index (χ0) is 24.1. The van der Waals surface area contributed by atoms with Gasteiger partial charge in [-0.3, -0.25) is 0 Å². The average molecular weight is 457 g/mol. The predicted octanol–water partition coefficient (Wildman–Crippen LogP) is 7.80. The van der Waals surface area contributed by atoms with Gasteiger partial charge in [0.1, 0.15) is 0 Å². The van der Waals surface area contributed by atoms with Crippen LogP contribution in [-0.2, 0) is 4.74 Å². The minimum Gasteiger partial charge on any atom is -0.392 e. The maximum atomic E-state index is 11.1. The highest BCUT2D eigenvalue weighted by Gasteiger charge is 2.68. The van der Waals surface area contributed by atoms with Crippen LogP contribution in [0.25, 0.3) is 0 Å². The molecule has 0 bridgehead atoms. The molecule has 5 aliphatic rings. The molecule has 5 aliphatic carbocycles. The summed E-state index contributed by atoms with van der Waals surface area (Å²) in [7, 11) is 1.82. The molecular weight excluding hydrogens is 404 g/mol. The van der Waals surface area contributed by atoms with Crippen LogP contribution in [-0.4, -0.2) is 24.9 Å². The van der Waals surface area contributed by atoms with Gasteiger partial charge in [-0.1, -0.05) is 60.1 Å². The van der Waals surface area contributed by atoms with E-state index < -0.39 is 0 Å². The third-order valence-corrected chi connectivity index (χ3v) is 13.3. The van der Waals surface area contributed by atoms with Crippen molar-refractivity contribution in [3.05, 3.63) is 11.6 Å². The molecule has 9 atom stereocenters. The Kier molecular flexibility index (Phi) is 5.42. The van der Waals surface area contributed by atoms with Gasteiger partial charge >= 0.3 is 0 Å². The maximum Gasteiger partial charge on any atom is 0.0618 e. The lowest BCUT2D eigenvalue weighted by atomic mass is 9.33. The van der Waals surface area contributed by atoms with Gasteiger partial charge in [-0.15, -0.1) is 0 Å². The Morgan fingerprint density at radius 2 is 1.58 bits per heavy atom. The largest absolute Gasteiger partial charge is 0.392 e. The molecule has 0 aliphatic heterocycles. The van der Waals surface area contributed by atoms with Crippen molar-refractivity contribution in [2.75, 3.05) is 13.7 Å². The SMILES string of the molecule is COC[C@]1(C)[C@@H]2CC[C@]3(C)[C@H](CC=C4[C@H]5CC(C)(C)CC[C@]5(C)CC[C@]43C)[C@@]2(C)CC[C@@H]1O. The zero-order valence-corrected chi connectivity index (χ0v) is 23.0. The van der Waals surface area contributed by atoms with Crippen LogP contribution < -0.4 is 0 Å². The first-order chi connectivity index (χ1) is 15.3. The molecule has 0 spiro atoms. The molecule has 0 unspecified atom stereocenters. The van der Waals surface area contributed by atoms with Crippen molar-refractivity contribution in [3.8, 4) is 0 Å². The van der Waals surface area contributed by atoms with Gasteiger partial charge < -0.3 is 9.84 Å². The normalized spacial score (nSPS) is 55.5. The summed E-state index contributed by atoms with van der Waals surface area (Å²) < 4.78 is 5.73. The van der Waals surface area contributed by atoms with Gasteiger partial charge in [0.25, 0.3) is 0 Å². The molecule has 0 heterocycles. The lowest BCUT2D eigenvalue weighted by molar-refractivity contribution is -0.217. The molecule has 0 amide bonds. The number of ether oxygens (including phenoxy) is 1. The third-order valence-electron chi connectivity index (χ3n) is 13.3. The lowest BCUT2D eigenvalue weighted by Gasteiger charge is -2.71. The van der Waals surface area contributed by atoms with Gasteiger partial charge in [0.2, 0.25) is 0 Å². The van der Waals surface area contributed by atoms with Crippen LogP contribution in [0.15, 0.2) is 11.6 Å². The molecule has 5 rings (SSSR count). The fourth-order valence-electron chi connectivity index (χ4n) is 10.8. The quantitative estimate of drug-likeness (QED) is 0.430. The number of hydrogen-bond donors (Lipinski definition) is 1. The number of aliphatic hydroxyl groups is 1. The first-order valence-electron chi connectivity index (χ1n) is 14.1. The van der Waals surface area contributed by atoms with E-state index in [-0.39, 0.29) is 16.9 Å². The Morgan fingerprint density at radius 1 is 0.879 bits per heavy atom. The fraction of sp³-hybridized carbons (Fsp3) is 0.935. The summed E-state index contributed by atoms with van der Waals surface area (Å²) in [5.41, 5.74) is 3.71. The van der Waals surface area contributed by atoms with Gasteiger partial charge in [0, 0.05) is 12.5 Å². The average Bonchev–Trinajstić information content (AvgIpc) is 2.73. The Labute approximate surface area is 204 Å². The van der Waals surface area contributed by atoms with E-state index in [1.807, 2.05) is 12.7 Å².